The van der Waals surface area contributed by atoms with E-state index in [4.69, 9.17) is 9.47 Å². The average molecular weight is 343 g/mol. The molecule has 0 unspecified atom stereocenters. The van der Waals surface area contributed by atoms with Crippen LogP contribution in [-0.2, 0) is 0 Å². The molecule has 1 N–H and O–H groups in total. The Hall–Kier alpha value is -2.47. The zero-order chi connectivity index (χ0) is 17.1. The fourth-order valence-electron chi connectivity index (χ4n) is 3.27. The van der Waals surface area contributed by atoms with Gasteiger partial charge in [0.25, 0.3) is 0 Å². The topological polar surface area (TPSA) is 37.0 Å². The zero-order valence-corrected chi connectivity index (χ0v) is 14.1. The third-order valence-electron chi connectivity index (χ3n) is 4.68. The molecule has 0 radical (unpaired) electrons. The van der Waals surface area contributed by atoms with Crippen LogP contribution in [0.4, 0.5) is 15.8 Å². The summed E-state index contributed by atoms with van der Waals surface area (Å²) in [5.41, 5.74) is 2.01. The second-order valence-electron chi connectivity index (χ2n) is 6.30. The molecule has 2 aromatic rings. The van der Waals surface area contributed by atoms with Crippen molar-refractivity contribution in [3.05, 3.63) is 48.3 Å². The van der Waals surface area contributed by atoms with E-state index in [0.29, 0.717) is 6.79 Å². The predicted octanol–water partition coefficient (Wildman–Crippen LogP) is 2.79. The Kier molecular flexibility index (Phi) is 4.61. The maximum Gasteiger partial charge on any atom is 0.231 e. The second kappa shape index (κ2) is 7.19. The maximum absolute atomic E-state index is 13.3. The number of fused-ring (bicyclic) bond motifs is 1. The van der Waals surface area contributed by atoms with E-state index in [1.807, 2.05) is 24.3 Å². The third-order valence-corrected chi connectivity index (χ3v) is 4.68. The fraction of sp³-hybridized carbons (Fsp3) is 0.368. The molecule has 2 aromatic carbocycles. The Labute approximate surface area is 146 Å². The van der Waals surface area contributed by atoms with Crippen LogP contribution in [-0.4, -0.2) is 51.0 Å². The lowest BCUT2D eigenvalue weighted by atomic mass is 10.2. The summed E-state index contributed by atoms with van der Waals surface area (Å²) < 4.78 is 24.1. The molecule has 0 spiro atoms. The van der Waals surface area contributed by atoms with Crippen molar-refractivity contribution >= 4 is 11.4 Å². The van der Waals surface area contributed by atoms with Gasteiger partial charge in [-0.15, -0.1) is 0 Å². The number of anilines is 2. The van der Waals surface area contributed by atoms with Crippen LogP contribution < -0.4 is 19.7 Å². The lowest BCUT2D eigenvalue weighted by Crippen LogP contribution is -2.47. The molecule has 1 saturated heterocycles. The van der Waals surface area contributed by atoms with Crippen LogP contribution in [0.2, 0.25) is 0 Å². The normalized spacial score (nSPS) is 16.9. The van der Waals surface area contributed by atoms with Crippen LogP contribution in [0.25, 0.3) is 0 Å². The van der Waals surface area contributed by atoms with Crippen molar-refractivity contribution in [2.24, 2.45) is 0 Å². The van der Waals surface area contributed by atoms with Gasteiger partial charge in [-0.05, 0) is 30.3 Å². The van der Waals surface area contributed by atoms with E-state index in [0.717, 1.165) is 62.1 Å². The maximum atomic E-state index is 13.3. The van der Waals surface area contributed by atoms with Gasteiger partial charge in [-0.2, -0.15) is 0 Å². The third kappa shape index (κ3) is 3.79. The Morgan fingerprint density at radius 1 is 0.960 bits per heavy atom. The van der Waals surface area contributed by atoms with Crippen LogP contribution in [0.3, 0.4) is 0 Å². The summed E-state index contributed by atoms with van der Waals surface area (Å²) >= 11 is 0. The Balaban J connectivity index is 1.23. The molecular weight excluding hydrogens is 321 g/mol. The van der Waals surface area contributed by atoms with Gasteiger partial charge in [-0.3, -0.25) is 4.90 Å². The molecule has 2 aliphatic rings. The monoisotopic (exact) mass is 343 g/mol. The van der Waals surface area contributed by atoms with Crippen LogP contribution in [0, 0.1) is 5.82 Å². The zero-order valence-electron chi connectivity index (χ0n) is 14.1. The quantitative estimate of drug-likeness (QED) is 0.904. The molecule has 0 bridgehead atoms. The van der Waals surface area contributed by atoms with Crippen molar-refractivity contribution in [3.8, 4) is 11.5 Å². The Bertz CT molecular complexity index is 732. The van der Waals surface area contributed by atoms with Gasteiger partial charge >= 0.3 is 0 Å². The number of halogens is 1. The van der Waals surface area contributed by atoms with Gasteiger partial charge in [0.1, 0.15) is 5.82 Å². The van der Waals surface area contributed by atoms with Crippen molar-refractivity contribution in [1.82, 2.24) is 4.90 Å². The van der Waals surface area contributed by atoms with Crippen LogP contribution in [0.5, 0.6) is 11.5 Å². The van der Waals surface area contributed by atoms with Gasteiger partial charge in [-0.1, -0.05) is 6.07 Å². The second-order valence-corrected chi connectivity index (χ2v) is 6.30. The van der Waals surface area contributed by atoms with E-state index in [2.05, 4.69) is 15.1 Å². The predicted molar refractivity (Wildman–Crippen MR) is 96.1 cm³/mol. The van der Waals surface area contributed by atoms with Crippen molar-refractivity contribution in [2.45, 2.75) is 0 Å². The van der Waals surface area contributed by atoms with E-state index in [-0.39, 0.29) is 5.82 Å². The van der Waals surface area contributed by atoms with E-state index >= 15 is 0 Å². The van der Waals surface area contributed by atoms with Crippen molar-refractivity contribution in [3.63, 3.8) is 0 Å². The smallest absolute Gasteiger partial charge is 0.231 e. The molecule has 25 heavy (non-hydrogen) atoms. The summed E-state index contributed by atoms with van der Waals surface area (Å²) in [4.78, 5) is 4.67. The number of hydrogen-bond acceptors (Lipinski definition) is 5. The summed E-state index contributed by atoms with van der Waals surface area (Å²) in [7, 11) is 0. The fourth-order valence-corrected chi connectivity index (χ4v) is 3.27. The summed E-state index contributed by atoms with van der Waals surface area (Å²) in [5, 5.41) is 3.43. The molecule has 1 fully saturated rings. The summed E-state index contributed by atoms with van der Waals surface area (Å²) in [5.74, 6) is 1.43. The number of nitrogens with zero attached hydrogens (tertiary/aromatic N) is 2. The first-order valence-corrected chi connectivity index (χ1v) is 8.64. The van der Waals surface area contributed by atoms with Gasteiger partial charge in [-0.25, -0.2) is 4.39 Å². The van der Waals surface area contributed by atoms with Crippen LogP contribution in [0.1, 0.15) is 0 Å². The number of piperazine rings is 1. The Morgan fingerprint density at radius 3 is 2.64 bits per heavy atom. The van der Waals surface area contributed by atoms with Gasteiger partial charge in [0.15, 0.2) is 11.5 Å². The SMILES string of the molecule is Fc1cccc(N2CCN(CCNc3ccc4c(c3)OCO4)CC2)c1. The highest BCUT2D eigenvalue weighted by Crippen LogP contribution is 2.34. The first-order valence-electron chi connectivity index (χ1n) is 8.64. The average Bonchev–Trinajstić information content (AvgIpc) is 3.10. The van der Waals surface area contributed by atoms with Crippen molar-refractivity contribution < 1.29 is 13.9 Å². The molecule has 0 amide bonds. The molecule has 6 heteroatoms. The summed E-state index contributed by atoms with van der Waals surface area (Å²) in [6.07, 6.45) is 0. The first kappa shape index (κ1) is 16.0. The lowest BCUT2D eigenvalue weighted by Gasteiger charge is -2.36. The highest BCUT2D eigenvalue weighted by atomic mass is 19.1. The molecule has 0 aliphatic carbocycles. The molecule has 0 saturated carbocycles. The van der Waals surface area contributed by atoms with E-state index in [1.54, 1.807) is 12.1 Å². The molecule has 0 atom stereocenters. The molecule has 132 valence electrons. The minimum Gasteiger partial charge on any atom is -0.454 e. The highest BCUT2D eigenvalue weighted by molar-refractivity contribution is 5.55. The summed E-state index contributed by atoms with van der Waals surface area (Å²) in [6.45, 7) is 5.97. The van der Waals surface area contributed by atoms with Crippen LogP contribution >= 0.6 is 0 Å². The first-order chi connectivity index (χ1) is 12.3. The summed E-state index contributed by atoms with van der Waals surface area (Å²) in [6, 6.07) is 12.8. The van der Waals surface area contributed by atoms with Gasteiger partial charge in [0, 0.05) is 56.7 Å². The molecule has 0 aromatic heterocycles. The molecule has 5 nitrogen and oxygen atoms in total. The Morgan fingerprint density at radius 2 is 1.80 bits per heavy atom. The van der Waals surface area contributed by atoms with Gasteiger partial charge in [0.2, 0.25) is 6.79 Å². The number of ether oxygens (including phenoxy) is 2. The minimum atomic E-state index is -0.173. The molecule has 2 heterocycles. The number of hydrogen-bond donors (Lipinski definition) is 1. The van der Waals surface area contributed by atoms with Gasteiger partial charge in [0.05, 0.1) is 0 Å². The molecular formula is C19H22FN3O2. The number of rotatable bonds is 5. The number of benzene rings is 2. The minimum absolute atomic E-state index is 0.173. The molecule has 2 aliphatic heterocycles. The lowest BCUT2D eigenvalue weighted by molar-refractivity contribution is 0.174. The van der Waals surface area contributed by atoms with Gasteiger partial charge < -0.3 is 19.7 Å². The van der Waals surface area contributed by atoms with Crippen molar-refractivity contribution in [2.75, 3.05) is 56.3 Å². The largest absolute Gasteiger partial charge is 0.454 e. The van der Waals surface area contributed by atoms with E-state index in [9.17, 15) is 4.39 Å². The highest BCUT2D eigenvalue weighted by Gasteiger charge is 2.17. The van der Waals surface area contributed by atoms with Crippen molar-refractivity contribution in [1.29, 1.82) is 0 Å². The standard InChI is InChI=1S/C19H22FN3O2/c20-15-2-1-3-17(12-15)23-10-8-22(9-11-23)7-6-21-16-4-5-18-19(13-16)25-14-24-18/h1-5,12-13,21H,6-11,14H2. The van der Waals surface area contributed by atoms with E-state index < -0.39 is 0 Å². The number of nitrogens with one attached hydrogen (secondary N) is 1. The van der Waals surface area contributed by atoms with E-state index in [1.165, 1.54) is 6.07 Å². The molecule has 4 rings (SSSR count). The van der Waals surface area contributed by atoms with Crippen LogP contribution in [0.15, 0.2) is 42.5 Å².